The van der Waals surface area contributed by atoms with Crippen LogP contribution in [0.25, 0.3) is 5.70 Å². The number of amidine groups is 1. The van der Waals surface area contributed by atoms with Crippen molar-refractivity contribution in [2.24, 2.45) is 10.1 Å². The van der Waals surface area contributed by atoms with E-state index in [2.05, 4.69) is 29.6 Å². The molecular formula is C24H19FN4OS. The minimum atomic E-state index is -0.550. The second-order valence-corrected chi connectivity index (χ2v) is 8.36. The van der Waals surface area contributed by atoms with Gasteiger partial charge in [-0.2, -0.15) is 0 Å². The maximum Gasteiger partial charge on any atom is 0.276 e. The van der Waals surface area contributed by atoms with Crippen LogP contribution in [0, 0.1) is 12.7 Å². The Hall–Kier alpha value is -3.45. The van der Waals surface area contributed by atoms with Crippen LogP contribution in [0.5, 0.6) is 0 Å². The van der Waals surface area contributed by atoms with Gasteiger partial charge in [0.1, 0.15) is 11.5 Å². The highest BCUT2D eigenvalue weighted by Crippen LogP contribution is 2.31. The Morgan fingerprint density at radius 2 is 1.77 bits per heavy atom. The van der Waals surface area contributed by atoms with Gasteiger partial charge in [0.05, 0.1) is 5.36 Å². The summed E-state index contributed by atoms with van der Waals surface area (Å²) in [5.74, 6) is 0.131. The van der Waals surface area contributed by atoms with E-state index >= 15 is 0 Å². The molecule has 5 nitrogen and oxygen atoms in total. The van der Waals surface area contributed by atoms with Crippen LogP contribution in [0.2, 0.25) is 0 Å². The molecule has 0 radical (unpaired) electrons. The number of rotatable bonds is 3. The highest BCUT2D eigenvalue weighted by molar-refractivity contribution is 8.13. The lowest BCUT2D eigenvalue weighted by molar-refractivity contribution is -0.116. The fourth-order valence-electron chi connectivity index (χ4n) is 3.58. The molecule has 1 amide bonds. The maximum atomic E-state index is 13.5. The fraction of sp³-hybridized carbons (Fsp3) is 0.125. The number of para-hydroxylation sites is 1. The van der Waals surface area contributed by atoms with Gasteiger partial charge in [-0.05, 0) is 36.2 Å². The Labute approximate surface area is 183 Å². The van der Waals surface area contributed by atoms with Gasteiger partial charge in [-0.15, -0.1) is 5.10 Å². The monoisotopic (exact) mass is 430 g/mol. The van der Waals surface area contributed by atoms with E-state index in [1.54, 1.807) is 17.1 Å². The van der Waals surface area contributed by atoms with Crippen LogP contribution < -0.4 is 15.9 Å². The molecule has 0 bridgehead atoms. The molecule has 1 N–H and O–H groups in total. The van der Waals surface area contributed by atoms with Gasteiger partial charge in [0, 0.05) is 11.0 Å². The number of amides is 1. The van der Waals surface area contributed by atoms with E-state index in [-0.39, 0.29) is 11.7 Å². The molecule has 0 saturated heterocycles. The van der Waals surface area contributed by atoms with Gasteiger partial charge < -0.3 is 0 Å². The van der Waals surface area contributed by atoms with Crippen LogP contribution >= 0.6 is 11.8 Å². The predicted molar refractivity (Wildman–Crippen MR) is 120 cm³/mol. The summed E-state index contributed by atoms with van der Waals surface area (Å²) in [6.07, 6.45) is -0.550. The van der Waals surface area contributed by atoms with Crippen LogP contribution in [0.3, 0.4) is 0 Å². The molecule has 0 saturated carbocycles. The molecule has 0 aliphatic carbocycles. The van der Waals surface area contributed by atoms with Crippen LogP contribution in [0.1, 0.15) is 22.9 Å². The number of hydrazone groups is 1. The Bertz CT molecular complexity index is 1300. The number of carbonyl (C=O) groups excluding carboxylic acids is 1. The van der Waals surface area contributed by atoms with Crippen molar-refractivity contribution in [1.82, 2.24) is 10.3 Å². The standard InChI is InChI=1S/C24H19FN4OS/c1-15-6-8-16(9-7-15)14-31-24-27-23(30)21-19-4-2-3-5-20(19)26-22(29(21)28-24)17-10-12-18(25)13-11-17/h2-13,22H,14H2,1H3,(H,27,28,30)/t22-/m0/s1. The van der Waals surface area contributed by atoms with E-state index < -0.39 is 6.17 Å². The number of nitrogens with zero attached hydrogens (tertiary/aromatic N) is 3. The number of nitrogens with one attached hydrogen (secondary N) is 1. The first-order valence-corrected chi connectivity index (χ1v) is 10.9. The molecule has 0 aromatic heterocycles. The van der Waals surface area contributed by atoms with Crippen molar-refractivity contribution in [3.05, 3.63) is 106 Å². The highest BCUT2D eigenvalue weighted by Gasteiger charge is 2.34. The zero-order valence-corrected chi connectivity index (χ0v) is 17.6. The summed E-state index contributed by atoms with van der Waals surface area (Å²) in [4.78, 5) is 17.9. The lowest BCUT2D eigenvalue weighted by Crippen LogP contribution is -2.50. The zero-order valence-electron chi connectivity index (χ0n) is 16.7. The third kappa shape index (κ3) is 3.84. The minimum absolute atomic E-state index is 0.226. The first kappa shape index (κ1) is 19.5. The number of aryl methyl sites for hydroxylation is 1. The second-order valence-electron chi connectivity index (χ2n) is 7.40. The third-order valence-electron chi connectivity index (χ3n) is 5.18. The molecule has 0 fully saturated rings. The van der Waals surface area contributed by atoms with E-state index in [9.17, 15) is 9.18 Å². The predicted octanol–water partition coefficient (Wildman–Crippen LogP) is 3.21. The van der Waals surface area contributed by atoms with Gasteiger partial charge in [0.15, 0.2) is 11.3 Å². The highest BCUT2D eigenvalue weighted by atomic mass is 32.2. The molecule has 31 heavy (non-hydrogen) atoms. The topological polar surface area (TPSA) is 57.1 Å². The van der Waals surface area contributed by atoms with E-state index in [1.807, 2.05) is 31.2 Å². The average Bonchev–Trinajstić information content (AvgIpc) is 2.78. The van der Waals surface area contributed by atoms with Crippen LogP contribution in [0.4, 0.5) is 4.39 Å². The van der Waals surface area contributed by atoms with Crippen LogP contribution in [0.15, 0.2) is 82.9 Å². The number of hydrogen-bond acceptors (Lipinski definition) is 5. The number of hydrogen-bond donors (Lipinski definition) is 1. The van der Waals surface area contributed by atoms with Crippen molar-refractivity contribution < 1.29 is 9.18 Å². The van der Waals surface area contributed by atoms with E-state index in [0.717, 1.165) is 16.3 Å². The van der Waals surface area contributed by atoms with Crippen molar-refractivity contribution in [2.75, 3.05) is 0 Å². The summed E-state index contributed by atoms with van der Waals surface area (Å²) in [5.41, 5.74) is 3.55. The van der Waals surface area contributed by atoms with Crippen molar-refractivity contribution >= 4 is 28.5 Å². The number of halogens is 1. The fourth-order valence-corrected chi connectivity index (χ4v) is 4.39. The van der Waals surface area contributed by atoms with Gasteiger partial charge in [-0.3, -0.25) is 15.1 Å². The quantitative estimate of drug-likeness (QED) is 0.694. The first-order chi connectivity index (χ1) is 15.1. The lowest BCUT2D eigenvalue weighted by atomic mass is 10.1. The number of benzene rings is 3. The molecule has 3 aromatic rings. The molecule has 154 valence electrons. The maximum absolute atomic E-state index is 13.5. The van der Waals surface area contributed by atoms with Crippen molar-refractivity contribution in [3.8, 4) is 0 Å². The van der Waals surface area contributed by atoms with Gasteiger partial charge in [0.25, 0.3) is 5.91 Å². The van der Waals surface area contributed by atoms with Gasteiger partial charge in [0.2, 0.25) is 0 Å². The van der Waals surface area contributed by atoms with Crippen molar-refractivity contribution in [2.45, 2.75) is 18.8 Å². The largest absolute Gasteiger partial charge is 0.298 e. The van der Waals surface area contributed by atoms with Gasteiger partial charge in [-0.25, -0.2) is 9.40 Å². The first-order valence-electron chi connectivity index (χ1n) is 9.89. The van der Waals surface area contributed by atoms with Crippen molar-refractivity contribution in [1.29, 1.82) is 0 Å². The normalized spacial score (nSPS) is 17.3. The summed E-state index contributed by atoms with van der Waals surface area (Å²) in [7, 11) is 0. The number of fused-ring (bicyclic) bond motifs is 2. The molecule has 5 rings (SSSR count). The van der Waals surface area contributed by atoms with E-state index in [0.29, 0.717) is 22.0 Å². The summed E-state index contributed by atoms with van der Waals surface area (Å²) >= 11 is 1.46. The molecule has 2 heterocycles. The average molecular weight is 431 g/mol. The second kappa shape index (κ2) is 8.00. The SMILES string of the molecule is Cc1ccc(CSC2=NN3C(=c4ccccc4=N[C@@H]3c3ccc(F)cc3)C(=O)N2)cc1. The molecule has 3 aromatic carbocycles. The third-order valence-corrected chi connectivity index (χ3v) is 6.11. The Balaban J connectivity index is 1.54. The smallest absolute Gasteiger partial charge is 0.276 e. The van der Waals surface area contributed by atoms with Crippen LogP contribution in [-0.4, -0.2) is 16.1 Å². The Morgan fingerprint density at radius 1 is 1.03 bits per heavy atom. The molecule has 2 aliphatic rings. The van der Waals surface area contributed by atoms with Crippen LogP contribution in [-0.2, 0) is 10.5 Å². The lowest BCUT2D eigenvalue weighted by Gasteiger charge is -2.34. The summed E-state index contributed by atoms with van der Waals surface area (Å²) in [6.45, 7) is 2.05. The molecule has 1 atom stereocenters. The summed E-state index contributed by atoms with van der Waals surface area (Å²) in [6, 6.07) is 21.9. The molecule has 2 aliphatic heterocycles. The molecule has 7 heteroatoms. The van der Waals surface area contributed by atoms with Crippen molar-refractivity contribution in [3.63, 3.8) is 0 Å². The Kier molecular flexibility index (Phi) is 5.03. The summed E-state index contributed by atoms with van der Waals surface area (Å²) in [5, 5.41) is 11.2. The summed E-state index contributed by atoms with van der Waals surface area (Å²) < 4.78 is 13.5. The Morgan fingerprint density at radius 3 is 2.55 bits per heavy atom. The minimum Gasteiger partial charge on any atom is -0.298 e. The molecule has 0 unspecified atom stereocenters. The van der Waals surface area contributed by atoms with Gasteiger partial charge in [-0.1, -0.05) is 71.9 Å². The van der Waals surface area contributed by atoms with E-state index in [4.69, 9.17) is 10.1 Å². The molecular weight excluding hydrogens is 411 g/mol. The van der Waals surface area contributed by atoms with Gasteiger partial charge >= 0.3 is 0 Å². The number of thioether (sulfide) groups is 1. The van der Waals surface area contributed by atoms with E-state index in [1.165, 1.54) is 29.5 Å². The zero-order chi connectivity index (χ0) is 21.4. The number of carbonyl (C=O) groups is 1. The molecule has 0 spiro atoms.